The average molecular weight is 282 g/mol. The fraction of sp³-hybridized carbons (Fsp3) is 0.917. The molecule has 1 saturated heterocycles. The van der Waals surface area contributed by atoms with Gasteiger partial charge < -0.3 is 10.5 Å². The lowest BCUT2D eigenvalue weighted by atomic mass is 9.96. The number of carbonyl (C=O) groups excluding carboxylic acids is 1. The largest absolute Gasteiger partial charge is 0.469 e. The molecule has 2 atom stereocenters. The molecule has 0 aliphatic carbocycles. The summed E-state index contributed by atoms with van der Waals surface area (Å²) in [5.74, 6) is -0.467. The molecule has 2 N–H and O–H groups in total. The number of likely N-dealkylation sites (tertiary alicyclic amines) is 1. The molecule has 2 unspecified atom stereocenters. The van der Waals surface area contributed by atoms with E-state index < -0.39 is 24.2 Å². The van der Waals surface area contributed by atoms with Gasteiger partial charge in [-0.15, -0.1) is 0 Å². The van der Waals surface area contributed by atoms with E-state index in [-0.39, 0.29) is 19.4 Å². The molecule has 0 bridgehead atoms. The van der Waals surface area contributed by atoms with Gasteiger partial charge in [-0.1, -0.05) is 6.42 Å². The molecule has 0 amide bonds. The third kappa shape index (κ3) is 4.65. The lowest BCUT2D eigenvalue weighted by Crippen LogP contribution is -2.54. The van der Waals surface area contributed by atoms with E-state index in [1.54, 1.807) is 0 Å². The van der Waals surface area contributed by atoms with Crippen LogP contribution in [-0.4, -0.2) is 49.3 Å². The Morgan fingerprint density at radius 1 is 1.47 bits per heavy atom. The number of ether oxygens (including phenoxy) is 1. The number of esters is 1. The van der Waals surface area contributed by atoms with Crippen LogP contribution in [0.25, 0.3) is 0 Å². The van der Waals surface area contributed by atoms with Crippen molar-refractivity contribution in [1.29, 1.82) is 0 Å². The van der Waals surface area contributed by atoms with Crippen LogP contribution in [0.5, 0.6) is 0 Å². The van der Waals surface area contributed by atoms with Gasteiger partial charge in [0.2, 0.25) is 0 Å². The van der Waals surface area contributed by atoms with E-state index in [0.717, 1.165) is 12.8 Å². The first-order valence-electron chi connectivity index (χ1n) is 6.49. The fourth-order valence-corrected chi connectivity index (χ4v) is 2.60. The molecule has 1 fully saturated rings. The molecule has 0 aromatic heterocycles. The van der Waals surface area contributed by atoms with Crippen LogP contribution in [0.2, 0.25) is 0 Å². The smallest absolute Gasteiger partial charge is 0.404 e. The molecule has 4 nitrogen and oxygen atoms in total. The van der Waals surface area contributed by atoms with Gasteiger partial charge in [0.1, 0.15) is 6.04 Å². The number of hydrogen-bond donors (Lipinski definition) is 1. The Bertz CT molecular complexity index is 297. The number of piperidine rings is 1. The monoisotopic (exact) mass is 282 g/mol. The molecule has 0 spiro atoms. The highest BCUT2D eigenvalue weighted by atomic mass is 19.4. The fourth-order valence-electron chi connectivity index (χ4n) is 2.60. The minimum Gasteiger partial charge on any atom is -0.469 e. The SMILES string of the molecule is COC(=O)CC1CCCCN1C(CCN)C(F)(F)F. The summed E-state index contributed by atoms with van der Waals surface area (Å²) >= 11 is 0. The first kappa shape index (κ1) is 16.2. The van der Waals surface area contributed by atoms with Crippen LogP contribution in [0.1, 0.15) is 32.1 Å². The van der Waals surface area contributed by atoms with E-state index in [4.69, 9.17) is 5.73 Å². The zero-order valence-corrected chi connectivity index (χ0v) is 11.1. The number of hydrogen-bond acceptors (Lipinski definition) is 4. The van der Waals surface area contributed by atoms with Gasteiger partial charge in [0.25, 0.3) is 0 Å². The maximum Gasteiger partial charge on any atom is 0.404 e. The van der Waals surface area contributed by atoms with Crippen LogP contribution in [0.15, 0.2) is 0 Å². The molecule has 1 aliphatic heterocycles. The Kier molecular flexibility index (Phi) is 6.06. The van der Waals surface area contributed by atoms with Gasteiger partial charge in [-0.3, -0.25) is 9.69 Å². The first-order chi connectivity index (χ1) is 8.90. The van der Waals surface area contributed by atoms with Crippen LogP contribution in [0.3, 0.4) is 0 Å². The number of nitrogens with zero attached hydrogens (tertiary/aromatic N) is 1. The summed E-state index contributed by atoms with van der Waals surface area (Å²) in [6.07, 6.45) is -2.30. The average Bonchev–Trinajstić information content (AvgIpc) is 2.35. The Balaban J connectivity index is 2.80. The van der Waals surface area contributed by atoms with Crippen molar-refractivity contribution in [1.82, 2.24) is 4.90 Å². The molecule has 19 heavy (non-hydrogen) atoms. The Morgan fingerprint density at radius 3 is 2.68 bits per heavy atom. The summed E-state index contributed by atoms with van der Waals surface area (Å²) in [7, 11) is 1.25. The molecule has 0 radical (unpaired) electrons. The Hall–Kier alpha value is -0.820. The summed E-state index contributed by atoms with van der Waals surface area (Å²) < 4.78 is 43.8. The molecule has 1 rings (SSSR count). The summed E-state index contributed by atoms with van der Waals surface area (Å²) in [6.45, 7) is 0.331. The molecule has 112 valence electrons. The molecule has 0 aromatic rings. The van der Waals surface area contributed by atoms with Crippen LogP contribution in [0, 0.1) is 0 Å². The predicted molar refractivity (Wildman–Crippen MR) is 64.5 cm³/mol. The zero-order chi connectivity index (χ0) is 14.5. The molecule has 1 aliphatic rings. The Morgan fingerprint density at radius 2 is 2.16 bits per heavy atom. The second kappa shape index (κ2) is 7.09. The number of nitrogens with two attached hydrogens (primary N) is 1. The molecular weight excluding hydrogens is 261 g/mol. The van der Waals surface area contributed by atoms with Crippen molar-refractivity contribution in [3.63, 3.8) is 0 Å². The van der Waals surface area contributed by atoms with Crippen LogP contribution >= 0.6 is 0 Å². The van der Waals surface area contributed by atoms with Crippen LogP contribution in [-0.2, 0) is 9.53 Å². The van der Waals surface area contributed by atoms with Crippen molar-refractivity contribution in [2.24, 2.45) is 5.73 Å². The molecule has 0 saturated carbocycles. The second-order valence-electron chi connectivity index (χ2n) is 4.80. The maximum absolute atomic E-state index is 13.1. The Labute approximate surface area is 111 Å². The van der Waals surface area contributed by atoms with Gasteiger partial charge in [-0.2, -0.15) is 13.2 Å². The molecular formula is C12H21F3N2O2. The van der Waals surface area contributed by atoms with E-state index in [9.17, 15) is 18.0 Å². The highest BCUT2D eigenvalue weighted by Gasteiger charge is 2.45. The maximum atomic E-state index is 13.1. The summed E-state index contributed by atoms with van der Waals surface area (Å²) in [5.41, 5.74) is 5.29. The number of methoxy groups -OCH3 is 1. The quantitative estimate of drug-likeness (QED) is 0.780. The summed E-state index contributed by atoms with van der Waals surface area (Å²) in [6, 6.07) is -1.97. The third-order valence-electron chi connectivity index (χ3n) is 3.52. The van der Waals surface area contributed by atoms with E-state index in [2.05, 4.69) is 4.74 Å². The van der Waals surface area contributed by atoms with Crippen molar-refractivity contribution < 1.29 is 22.7 Å². The highest BCUT2D eigenvalue weighted by molar-refractivity contribution is 5.69. The van der Waals surface area contributed by atoms with Gasteiger partial charge in [0, 0.05) is 6.04 Å². The van der Waals surface area contributed by atoms with Crippen LogP contribution in [0.4, 0.5) is 13.2 Å². The van der Waals surface area contributed by atoms with Crippen LogP contribution < -0.4 is 5.73 Å². The summed E-state index contributed by atoms with van der Waals surface area (Å²) in [5, 5.41) is 0. The van der Waals surface area contributed by atoms with Gasteiger partial charge in [-0.25, -0.2) is 0 Å². The van der Waals surface area contributed by atoms with E-state index >= 15 is 0 Å². The first-order valence-corrected chi connectivity index (χ1v) is 6.49. The topological polar surface area (TPSA) is 55.6 Å². The number of halogens is 3. The van der Waals surface area contributed by atoms with Gasteiger partial charge in [0.05, 0.1) is 13.5 Å². The van der Waals surface area contributed by atoms with Crippen molar-refractivity contribution >= 4 is 5.97 Å². The van der Waals surface area contributed by atoms with Crippen molar-refractivity contribution in [2.75, 3.05) is 20.2 Å². The normalized spacial score (nSPS) is 23.1. The number of carbonyl (C=O) groups is 1. The highest BCUT2D eigenvalue weighted by Crippen LogP contribution is 2.32. The third-order valence-corrected chi connectivity index (χ3v) is 3.52. The molecule has 0 aromatic carbocycles. The van der Waals surface area contributed by atoms with Crippen molar-refractivity contribution in [3.8, 4) is 0 Å². The van der Waals surface area contributed by atoms with Crippen molar-refractivity contribution in [3.05, 3.63) is 0 Å². The minimum absolute atomic E-state index is 0.00759. The van der Waals surface area contributed by atoms with Crippen molar-refractivity contribution in [2.45, 2.75) is 50.4 Å². The second-order valence-corrected chi connectivity index (χ2v) is 4.80. The predicted octanol–water partition coefficient (Wildman–Crippen LogP) is 1.68. The zero-order valence-electron chi connectivity index (χ0n) is 11.1. The summed E-state index contributed by atoms with van der Waals surface area (Å²) in [4.78, 5) is 12.7. The number of alkyl halides is 3. The van der Waals surface area contributed by atoms with E-state index in [1.807, 2.05) is 0 Å². The van der Waals surface area contributed by atoms with E-state index in [0.29, 0.717) is 13.0 Å². The molecule has 7 heteroatoms. The lowest BCUT2D eigenvalue weighted by Gasteiger charge is -2.41. The van der Waals surface area contributed by atoms with E-state index in [1.165, 1.54) is 12.0 Å². The van der Waals surface area contributed by atoms with Gasteiger partial charge in [0.15, 0.2) is 0 Å². The van der Waals surface area contributed by atoms with Gasteiger partial charge >= 0.3 is 12.1 Å². The number of rotatable bonds is 5. The minimum atomic E-state index is -4.31. The molecule has 1 heterocycles. The lowest BCUT2D eigenvalue weighted by molar-refractivity contribution is -0.195. The standard InChI is InChI=1S/C12H21F3N2O2/c1-19-11(18)8-9-4-2-3-7-17(9)10(5-6-16)12(13,14)15/h9-10H,2-8,16H2,1H3. The van der Waals surface area contributed by atoms with Gasteiger partial charge in [-0.05, 0) is 32.4 Å².